The van der Waals surface area contributed by atoms with Crippen molar-refractivity contribution >= 4 is 5.97 Å². The second kappa shape index (κ2) is 7.71. The topological polar surface area (TPSA) is 137 Å². The predicted molar refractivity (Wildman–Crippen MR) is 76.8 cm³/mol. The van der Waals surface area contributed by atoms with Crippen LogP contribution in [0.5, 0.6) is 5.75 Å². The minimum Gasteiger partial charge on any atom is -0.481 e. The molecule has 0 radical (unpaired) electrons. The maximum atomic E-state index is 10.5. The summed E-state index contributed by atoms with van der Waals surface area (Å²) >= 11 is 0. The Morgan fingerprint density at radius 3 is 2.30 bits per heavy atom. The fourth-order valence-electron chi connectivity index (χ4n) is 2.28. The average molecular weight is 328 g/mol. The molecule has 1 heterocycles. The van der Waals surface area contributed by atoms with Gasteiger partial charge in [0, 0.05) is 6.42 Å². The van der Waals surface area contributed by atoms with Gasteiger partial charge in [-0.05, 0) is 24.1 Å². The molecule has 0 aromatic heterocycles. The van der Waals surface area contributed by atoms with E-state index in [2.05, 4.69) is 0 Å². The third-order valence-corrected chi connectivity index (χ3v) is 3.65. The Morgan fingerprint density at radius 1 is 1.09 bits per heavy atom. The number of benzene rings is 1. The van der Waals surface area contributed by atoms with Crippen LogP contribution in [0, 0.1) is 0 Å². The monoisotopic (exact) mass is 328 g/mol. The van der Waals surface area contributed by atoms with Gasteiger partial charge in [0.25, 0.3) is 0 Å². The number of carbonyl (C=O) groups is 1. The number of aliphatic hydroxyl groups is 4. The van der Waals surface area contributed by atoms with Crippen molar-refractivity contribution in [3.63, 3.8) is 0 Å². The third-order valence-electron chi connectivity index (χ3n) is 3.65. The van der Waals surface area contributed by atoms with Crippen LogP contribution in [0.4, 0.5) is 0 Å². The van der Waals surface area contributed by atoms with E-state index in [1.807, 2.05) is 0 Å². The third kappa shape index (κ3) is 4.40. The fraction of sp³-hybridized carbons (Fsp3) is 0.533. The standard InChI is InChI=1S/C15H20O8/c16-7-10-12(19)13(20)14(21)15(23-10)22-9-4-1-8(2-5-9)3-6-11(17)18/h1-2,4-5,10,12-16,19-21H,3,6-7H2,(H,17,18)/t10?,12-,13-,14?,15+/m0/s1. The van der Waals surface area contributed by atoms with Gasteiger partial charge in [-0.1, -0.05) is 12.1 Å². The van der Waals surface area contributed by atoms with Crippen LogP contribution in [0.15, 0.2) is 24.3 Å². The molecule has 8 heteroatoms. The first-order valence-corrected chi connectivity index (χ1v) is 7.20. The number of aliphatic hydroxyl groups excluding tert-OH is 4. The van der Waals surface area contributed by atoms with E-state index in [1.54, 1.807) is 24.3 Å². The molecule has 1 aromatic rings. The lowest BCUT2D eigenvalue weighted by Crippen LogP contribution is -2.60. The molecule has 1 aliphatic heterocycles. The lowest BCUT2D eigenvalue weighted by atomic mass is 9.99. The summed E-state index contributed by atoms with van der Waals surface area (Å²) in [6.45, 7) is -0.529. The van der Waals surface area contributed by atoms with Crippen molar-refractivity contribution in [2.24, 2.45) is 0 Å². The van der Waals surface area contributed by atoms with E-state index < -0.39 is 43.3 Å². The van der Waals surface area contributed by atoms with Crippen LogP contribution in [-0.4, -0.2) is 68.8 Å². The summed E-state index contributed by atoms with van der Waals surface area (Å²) in [4.78, 5) is 10.5. The molecule has 0 aliphatic carbocycles. The van der Waals surface area contributed by atoms with Crippen molar-refractivity contribution in [3.8, 4) is 5.75 Å². The molecule has 0 saturated carbocycles. The second-order valence-corrected chi connectivity index (χ2v) is 5.35. The molecule has 2 rings (SSSR count). The normalized spacial score (nSPS) is 30.9. The molecule has 1 aliphatic rings. The zero-order valence-electron chi connectivity index (χ0n) is 12.3. The first kappa shape index (κ1) is 17.6. The van der Waals surface area contributed by atoms with E-state index in [0.717, 1.165) is 5.56 Å². The first-order chi connectivity index (χ1) is 10.9. The van der Waals surface area contributed by atoms with E-state index >= 15 is 0 Å². The van der Waals surface area contributed by atoms with Crippen molar-refractivity contribution in [1.29, 1.82) is 0 Å². The lowest BCUT2D eigenvalue weighted by molar-refractivity contribution is -0.277. The molecule has 1 fully saturated rings. The summed E-state index contributed by atoms with van der Waals surface area (Å²) < 4.78 is 10.7. The highest BCUT2D eigenvalue weighted by Crippen LogP contribution is 2.24. The minimum atomic E-state index is -1.50. The van der Waals surface area contributed by atoms with Crippen LogP contribution < -0.4 is 4.74 Å². The Labute approximate surface area is 132 Å². The zero-order chi connectivity index (χ0) is 17.0. The highest BCUT2D eigenvalue weighted by Gasteiger charge is 2.44. The predicted octanol–water partition coefficient (Wildman–Crippen LogP) is -1.12. The maximum Gasteiger partial charge on any atom is 0.303 e. The highest BCUT2D eigenvalue weighted by molar-refractivity contribution is 5.67. The van der Waals surface area contributed by atoms with Gasteiger partial charge in [0.2, 0.25) is 6.29 Å². The van der Waals surface area contributed by atoms with E-state index in [-0.39, 0.29) is 6.42 Å². The summed E-state index contributed by atoms with van der Waals surface area (Å²) in [5.41, 5.74) is 0.813. The Kier molecular flexibility index (Phi) is 5.91. The molecule has 0 amide bonds. The number of rotatable bonds is 6. The van der Waals surface area contributed by atoms with Crippen LogP contribution >= 0.6 is 0 Å². The summed E-state index contributed by atoms with van der Waals surface area (Å²) in [7, 11) is 0. The largest absolute Gasteiger partial charge is 0.481 e. The Hall–Kier alpha value is -1.71. The molecular formula is C15H20O8. The minimum absolute atomic E-state index is 0.0207. The number of hydrogen-bond donors (Lipinski definition) is 5. The quantitative estimate of drug-likeness (QED) is 0.443. The number of aryl methyl sites for hydroxylation is 1. The van der Waals surface area contributed by atoms with Crippen LogP contribution in [-0.2, 0) is 16.0 Å². The second-order valence-electron chi connectivity index (χ2n) is 5.35. The number of carboxylic acids is 1. The Morgan fingerprint density at radius 2 is 1.74 bits per heavy atom. The lowest BCUT2D eigenvalue weighted by Gasteiger charge is -2.39. The Balaban J connectivity index is 1.99. The van der Waals surface area contributed by atoms with E-state index in [4.69, 9.17) is 19.7 Å². The van der Waals surface area contributed by atoms with Gasteiger partial charge in [-0.3, -0.25) is 4.79 Å². The summed E-state index contributed by atoms with van der Waals surface area (Å²) in [5, 5.41) is 47.0. The average Bonchev–Trinajstić information content (AvgIpc) is 2.54. The van der Waals surface area contributed by atoms with Gasteiger partial charge in [0.05, 0.1) is 6.61 Å². The smallest absolute Gasteiger partial charge is 0.303 e. The molecule has 0 bridgehead atoms. The van der Waals surface area contributed by atoms with Crippen molar-refractivity contribution in [2.45, 2.75) is 43.5 Å². The van der Waals surface area contributed by atoms with Gasteiger partial charge in [-0.2, -0.15) is 0 Å². The van der Waals surface area contributed by atoms with Gasteiger partial charge in [-0.15, -0.1) is 0 Å². The molecule has 1 saturated heterocycles. The van der Waals surface area contributed by atoms with Gasteiger partial charge in [0.1, 0.15) is 30.2 Å². The molecular weight excluding hydrogens is 308 g/mol. The van der Waals surface area contributed by atoms with Gasteiger partial charge >= 0.3 is 5.97 Å². The number of aliphatic carboxylic acids is 1. The van der Waals surface area contributed by atoms with E-state index in [0.29, 0.717) is 12.2 Å². The van der Waals surface area contributed by atoms with E-state index in [9.17, 15) is 20.1 Å². The SMILES string of the molecule is O=C(O)CCc1ccc(O[C@@H]2OC(CO)[C@H](O)[C@H](O)C2O)cc1. The molecule has 5 atom stereocenters. The maximum absolute atomic E-state index is 10.5. The fourth-order valence-corrected chi connectivity index (χ4v) is 2.28. The summed E-state index contributed by atoms with van der Waals surface area (Å²) in [6.07, 6.45) is -6.28. The number of carboxylic acid groups (broad SMARTS) is 1. The van der Waals surface area contributed by atoms with Crippen LogP contribution in [0.1, 0.15) is 12.0 Å². The van der Waals surface area contributed by atoms with Crippen molar-refractivity contribution in [2.75, 3.05) is 6.61 Å². The van der Waals surface area contributed by atoms with Crippen molar-refractivity contribution < 1.29 is 39.8 Å². The van der Waals surface area contributed by atoms with Crippen LogP contribution in [0.3, 0.4) is 0 Å². The zero-order valence-corrected chi connectivity index (χ0v) is 12.3. The van der Waals surface area contributed by atoms with Crippen molar-refractivity contribution in [3.05, 3.63) is 29.8 Å². The molecule has 23 heavy (non-hydrogen) atoms. The molecule has 5 N–H and O–H groups in total. The molecule has 0 spiro atoms. The Bertz CT molecular complexity index is 515. The molecule has 8 nitrogen and oxygen atoms in total. The summed E-state index contributed by atoms with van der Waals surface area (Å²) in [6, 6.07) is 6.53. The van der Waals surface area contributed by atoms with Crippen LogP contribution in [0.25, 0.3) is 0 Å². The van der Waals surface area contributed by atoms with Gasteiger partial charge < -0.3 is 35.0 Å². The molecule has 1 aromatic carbocycles. The van der Waals surface area contributed by atoms with Gasteiger partial charge in [-0.25, -0.2) is 0 Å². The number of ether oxygens (including phenoxy) is 2. The highest BCUT2D eigenvalue weighted by atomic mass is 16.7. The first-order valence-electron chi connectivity index (χ1n) is 7.20. The van der Waals surface area contributed by atoms with Crippen molar-refractivity contribution in [1.82, 2.24) is 0 Å². The number of hydrogen-bond acceptors (Lipinski definition) is 7. The molecule has 128 valence electrons. The van der Waals surface area contributed by atoms with E-state index in [1.165, 1.54) is 0 Å². The summed E-state index contributed by atoms with van der Waals surface area (Å²) in [5.74, 6) is -0.542. The molecule has 2 unspecified atom stereocenters. The van der Waals surface area contributed by atoms with Crippen LogP contribution in [0.2, 0.25) is 0 Å². The van der Waals surface area contributed by atoms with Gasteiger partial charge in [0.15, 0.2) is 0 Å².